The van der Waals surface area contributed by atoms with Crippen molar-refractivity contribution < 1.29 is 18.7 Å². The Morgan fingerprint density at radius 3 is 2.60 bits per heavy atom. The first kappa shape index (κ1) is 14.2. The smallest absolute Gasteiger partial charge is 0.340 e. The first-order chi connectivity index (χ1) is 9.52. The molecular formula is C14H12FNO3S. The number of ether oxygens (including phenoxy) is 1. The summed E-state index contributed by atoms with van der Waals surface area (Å²) in [5.74, 6) is -1.76. The average Bonchev–Trinajstić information content (AvgIpc) is 2.79. The van der Waals surface area contributed by atoms with Gasteiger partial charge in [-0.05, 0) is 25.1 Å². The lowest BCUT2D eigenvalue weighted by molar-refractivity contribution is 0.0602. The van der Waals surface area contributed by atoms with Crippen LogP contribution in [0.4, 0.5) is 9.39 Å². The van der Waals surface area contributed by atoms with Crippen molar-refractivity contribution in [3.8, 4) is 0 Å². The molecule has 6 heteroatoms. The Bertz CT molecular complexity index is 666. The molecule has 0 saturated heterocycles. The van der Waals surface area contributed by atoms with Gasteiger partial charge in [-0.3, -0.25) is 4.79 Å². The van der Waals surface area contributed by atoms with Crippen LogP contribution in [0.3, 0.4) is 0 Å². The normalized spacial score (nSPS) is 10.2. The van der Waals surface area contributed by atoms with E-state index in [1.165, 1.54) is 36.6 Å². The molecule has 0 unspecified atom stereocenters. The van der Waals surface area contributed by atoms with E-state index in [-0.39, 0.29) is 11.1 Å². The minimum absolute atomic E-state index is 0.0747. The predicted molar refractivity (Wildman–Crippen MR) is 74.7 cm³/mol. The standard InChI is InChI=1S/C14H12FNO3S/c1-8-7-10(14(18)19-2)13(20-8)16-12(17)9-5-3-4-6-11(9)15/h3-7H,1-2H3,(H,16,17). The van der Waals surface area contributed by atoms with Crippen molar-refractivity contribution in [3.05, 3.63) is 52.2 Å². The average molecular weight is 293 g/mol. The number of aryl methyl sites for hydroxylation is 1. The van der Waals surface area contributed by atoms with Crippen LogP contribution in [-0.2, 0) is 4.74 Å². The largest absolute Gasteiger partial charge is 0.465 e. The number of esters is 1. The van der Waals surface area contributed by atoms with Crippen LogP contribution in [0, 0.1) is 12.7 Å². The van der Waals surface area contributed by atoms with E-state index in [0.717, 1.165) is 4.88 Å². The third kappa shape index (κ3) is 2.85. The lowest BCUT2D eigenvalue weighted by Crippen LogP contribution is -2.15. The zero-order valence-electron chi connectivity index (χ0n) is 10.9. The monoisotopic (exact) mass is 293 g/mol. The molecule has 104 valence electrons. The first-order valence-corrected chi connectivity index (χ1v) is 6.59. The highest BCUT2D eigenvalue weighted by molar-refractivity contribution is 7.16. The maximum atomic E-state index is 13.5. The van der Waals surface area contributed by atoms with E-state index < -0.39 is 17.7 Å². The molecule has 0 aliphatic carbocycles. The molecule has 1 aromatic heterocycles. The third-order valence-corrected chi connectivity index (χ3v) is 3.57. The molecule has 4 nitrogen and oxygen atoms in total. The van der Waals surface area contributed by atoms with Gasteiger partial charge in [0, 0.05) is 4.88 Å². The minimum Gasteiger partial charge on any atom is -0.465 e. The fraction of sp³-hybridized carbons (Fsp3) is 0.143. The highest BCUT2D eigenvalue weighted by atomic mass is 32.1. The molecule has 2 aromatic rings. The van der Waals surface area contributed by atoms with Crippen LogP contribution in [0.25, 0.3) is 0 Å². The van der Waals surface area contributed by atoms with Gasteiger partial charge in [-0.25, -0.2) is 9.18 Å². The molecule has 1 amide bonds. The van der Waals surface area contributed by atoms with Crippen molar-refractivity contribution in [1.29, 1.82) is 0 Å². The quantitative estimate of drug-likeness (QED) is 0.884. The van der Waals surface area contributed by atoms with Gasteiger partial charge in [-0.1, -0.05) is 12.1 Å². The van der Waals surface area contributed by atoms with Crippen LogP contribution in [0.1, 0.15) is 25.6 Å². The van der Waals surface area contributed by atoms with Crippen molar-refractivity contribution >= 4 is 28.2 Å². The summed E-state index contributed by atoms with van der Waals surface area (Å²) < 4.78 is 18.2. The lowest BCUT2D eigenvalue weighted by atomic mass is 10.2. The fourth-order valence-corrected chi connectivity index (χ4v) is 2.58. The second-order valence-electron chi connectivity index (χ2n) is 4.03. The Labute approximate surface area is 119 Å². The molecule has 0 atom stereocenters. The van der Waals surface area contributed by atoms with E-state index in [0.29, 0.717) is 5.00 Å². The fourth-order valence-electron chi connectivity index (χ4n) is 1.68. The first-order valence-electron chi connectivity index (χ1n) is 5.77. The maximum Gasteiger partial charge on any atom is 0.340 e. The van der Waals surface area contributed by atoms with Crippen LogP contribution in [0.2, 0.25) is 0 Å². The summed E-state index contributed by atoms with van der Waals surface area (Å²) in [6.07, 6.45) is 0. The highest BCUT2D eigenvalue weighted by Gasteiger charge is 2.19. The third-order valence-electron chi connectivity index (χ3n) is 2.61. The Kier molecular flexibility index (Phi) is 4.14. The molecule has 1 N–H and O–H groups in total. The number of carbonyl (C=O) groups is 2. The molecule has 1 heterocycles. The van der Waals surface area contributed by atoms with Gasteiger partial charge >= 0.3 is 5.97 Å². The van der Waals surface area contributed by atoms with Gasteiger partial charge in [-0.15, -0.1) is 11.3 Å². The van der Waals surface area contributed by atoms with E-state index >= 15 is 0 Å². The van der Waals surface area contributed by atoms with Gasteiger partial charge in [0.15, 0.2) is 0 Å². The zero-order chi connectivity index (χ0) is 14.7. The molecular weight excluding hydrogens is 281 g/mol. The highest BCUT2D eigenvalue weighted by Crippen LogP contribution is 2.28. The summed E-state index contributed by atoms with van der Waals surface area (Å²) in [5, 5.41) is 2.89. The summed E-state index contributed by atoms with van der Waals surface area (Å²) in [4.78, 5) is 24.4. The summed E-state index contributed by atoms with van der Waals surface area (Å²) in [5.41, 5.74) is 0.189. The molecule has 0 saturated carbocycles. The summed E-state index contributed by atoms with van der Waals surface area (Å²) in [6.45, 7) is 1.80. The van der Waals surface area contributed by atoms with Crippen molar-refractivity contribution in [2.24, 2.45) is 0 Å². The molecule has 2 rings (SSSR count). The number of hydrogen-bond acceptors (Lipinski definition) is 4. The van der Waals surface area contributed by atoms with Crippen LogP contribution >= 0.6 is 11.3 Å². The van der Waals surface area contributed by atoms with Gasteiger partial charge in [0.25, 0.3) is 5.91 Å². The van der Waals surface area contributed by atoms with Gasteiger partial charge in [0.05, 0.1) is 18.2 Å². The molecule has 0 bridgehead atoms. The number of halogens is 1. The molecule has 0 fully saturated rings. The number of rotatable bonds is 3. The second kappa shape index (κ2) is 5.83. The SMILES string of the molecule is COC(=O)c1cc(C)sc1NC(=O)c1ccccc1F. The van der Waals surface area contributed by atoms with Crippen LogP contribution in [0.15, 0.2) is 30.3 Å². The van der Waals surface area contributed by atoms with E-state index in [2.05, 4.69) is 10.1 Å². The molecule has 20 heavy (non-hydrogen) atoms. The Balaban J connectivity index is 2.29. The number of hydrogen-bond donors (Lipinski definition) is 1. The van der Waals surface area contributed by atoms with Crippen LogP contribution < -0.4 is 5.32 Å². The Hall–Kier alpha value is -2.21. The zero-order valence-corrected chi connectivity index (χ0v) is 11.7. The van der Waals surface area contributed by atoms with E-state index in [1.54, 1.807) is 19.1 Å². The van der Waals surface area contributed by atoms with Gasteiger partial charge < -0.3 is 10.1 Å². The number of benzene rings is 1. The molecule has 0 radical (unpaired) electrons. The van der Waals surface area contributed by atoms with Gasteiger partial charge in [0.1, 0.15) is 10.8 Å². The summed E-state index contributed by atoms with van der Waals surface area (Å²) in [6, 6.07) is 7.27. The molecule has 1 aromatic carbocycles. The van der Waals surface area contributed by atoms with Crippen molar-refractivity contribution in [2.45, 2.75) is 6.92 Å². The number of thiophene rings is 1. The van der Waals surface area contributed by atoms with Gasteiger partial charge in [0.2, 0.25) is 0 Å². The summed E-state index contributed by atoms with van der Waals surface area (Å²) in [7, 11) is 1.26. The number of amides is 1. The van der Waals surface area contributed by atoms with Gasteiger partial charge in [-0.2, -0.15) is 0 Å². The Morgan fingerprint density at radius 2 is 1.95 bits per heavy atom. The van der Waals surface area contributed by atoms with E-state index in [4.69, 9.17) is 0 Å². The predicted octanol–water partition coefficient (Wildman–Crippen LogP) is 3.23. The van der Waals surface area contributed by atoms with Crippen LogP contribution in [-0.4, -0.2) is 19.0 Å². The summed E-state index contributed by atoms with van der Waals surface area (Å²) >= 11 is 1.23. The molecule has 0 spiro atoms. The number of nitrogens with one attached hydrogen (secondary N) is 1. The molecule has 0 aliphatic heterocycles. The number of anilines is 1. The van der Waals surface area contributed by atoms with E-state index in [9.17, 15) is 14.0 Å². The van der Waals surface area contributed by atoms with Crippen LogP contribution in [0.5, 0.6) is 0 Å². The van der Waals surface area contributed by atoms with Crippen molar-refractivity contribution in [1.82, 2.24) is 0 Å². The lowest BCUT2D eigenvalue weighted by Gasteiger charge is -2.06. The number of carbonyl (C=O) groups excluding carboxylic acids is 2. The molecule has 0 aliphatic rings. The van der Waals surface area contributed by atoms with E-state index in [1.807, 2.05) is 0 Å². The second-order valence-corrected chi connectivity index (χ2v) is 5.28. The maximum absolute atomic E-state index is 13.5. The Morgan fingerprint density at radius 1 is 1.25 bits per heavy atom. The minimum atomic E-state index is -0.613. The number of methoxy groups -OCH3 is 1. The van der Waals surface area contributed by atoms with Crippen molar-refractivity contribution in [3.63, 3.8) is 0 Å². The topological polar surface area (TPSA) is 55.4 Å². The van der Waals surface area contributed by atoms with Crippen molar-refractivity contribution in [2.75, 3.05) is 12.4 Å².